The zero-order valence-corrected chi connectivity index (χ0v) is 14.7. The molecule has 2 aromatic heterocycles. The lowest BCUT2D eigenvalue weighted by Crippen LogP contribution is -2.04. The molecule has 5 rings (SSSR count). The summed E-state index contributed by atoms with van der Waals surface area (Å²) in [5.41, 5.74) is 9.62. The van der Waals surface area contributed by atoms with E-state index in [0.29, 0.717) is 0 Å². The van der Waals surface area contributed by atoms with Crippen LogP contribution >= 0.6 is 0 Å². The van der Waals surface area contributed by atoms with Crippen LogP contribution in [0.2, 0.25) is 0 Å². The van der Waals surface area contributed by atoms with Gasteiger partial charge in [0, 0.05) is 22.5 Å². The minimum absolute atomic E-state index is 0.909. The van der Waals surface area contributed by atoms with E-state index in [9.17, 15) is 0 Å². The van der Waals surface area contributed by atoms with Crippen molar-refractivity contribution in [1.82, 2.24) is 4.98 Å². The normalized spacial score (nSPS) is 14.2. The van der Waals surface area contributed by atoms with Crippen LogP contribution in [0.25, 0.3) is 33.2 Å². The van der Waals surface area contributed by atoms with Gasteiger partial charge in [-0.2, -0.15) is 0 Å². The molecule has 0 unspecified atom stereocenters. The van der Waals surface area contributed by atoms with Crippen molar-refractivity contribution < 1.29 is 4.42 Å². The summed E-state index contributed by atoms with van der Waals surface area (Å²) in [6, 6.07) is 12.9. The summed E-state index contributed by atoms with van der Waals surface area (Å²) in [5, 5.41) is 2.46. The highest BCUT2D eigenvalue weighted by Gasteiger charge is 2.20. The van der Waals surface area contributed by atoms with E-state index in [1.807, 2.05) is 6.20 Å². The molecule has 0 amide bonds. The van der Waals surface area contributed by atoms with E-state index in [4.69, 9.17) is 4.42 Å². The quantitative estimate of drug-likeness (QED) is 0.419. The van der Waals surface area contributed by atoms with Crippen molar-refractivity contribution in [2.45, 2.75) is 39.5 Å². The molecule has 2 nitrogen and oxygen atoms in total. The second kappa shape index (κ2) is 5.45. The second-order valence-corrected chi connectivity index (χ2v) is 7.22. The van der Waals surface area contributed by atoms with E-state index >= 15 is 0 Å². The van der Waals surface area contributed by atoms with Gasteiger partial charge in [0.25, 0.3) is 0 Å². The van der Waals surface area contributed by atoms with Gasteiger partial charge < -0.3 is 4.42 Å². The predicted octanol–water partition coefficient (Wildman–Crippen LogP) is 6.14. The maximum Gasteiger partial charge on any atom is 0.161 e. The van der Waals surface area contributed by atoms with Crippen LogP contribution in [0.3, 0.4) is 0 Å². The van der Waals surface area contributed by atoms with Crippen molar-refractivity contribution in [3.05, 3.63) is 64.8 Å². The maximum absolute atomic E-state index is 6.35. The molecule has 2 heterocycles. The lowest BCUT2D eigenvalue weighted by molar-refractivity contribution is 0.657. The highest BCUT2D eigenvalue weighted by Crippen LogP contribution is 2.39. The van der Waals surface area contributed by atoms with Crippen molar-refractivity contribution in [2.75, 3.05) is 0 Å². The Morgan fingerprint density at radius 2 is 1.76 bits per heavy atom. The fourth-order valence-electron chi connectivity index (χ4n) is 4.27. The van der Waals surface area contributed by atoms with E-state index in [-0.39, 0.29) is 0 Å². The molecule has 2 aromatic carbocycles. The third-order valence-corrected chi connectivity index (χ3v) is 5.60. The zero-order chi connectivity index (χ0) is 17.0. The first-order chi connectivity index (χ1) is 12.2. The van der Waals surface area contributed by atoms with Gasteiger partial charge in [-0.25, -0.2) is 0 Å². The summed E-state index contributed by atoms with van der Waals surface area (Å²) in [6.07, 6.45) is 6.86. The summed E-state index contributed by atoms with van der Waals surface area (Å²) >= 11 is 0. The molecule has 1 aliphatic carbocycles. The standard InChI is InChI=1S/C23H21NO/c1-14-7-9-16(10-8-14)22-23-19(11-12-24-22)21-15(2)18-6-4-3-5-17(18)13-20(21)25-23/h7-13H,3-6H2,1-2H3. The van der Waals surface area contributed by atoms with Crippen molar-refractivity contribution in [2.24, 2.45) is 0 Å². The lowest BCUT2D eigenvalue weighted by Gasteiger charge is -2.18. The monoisotopic (exact) mass is 327 g/mol. The second-order valence-electron chi connectivity index (χ2n) is 7.22. The molecule has 25 heavy (non-hydrogen) atoms. The summed E-state index contributed by atoms with van der Waals surface area (Å²) in [5.74, 6) is 0. The summed E-state index contributed by atoms with van der Waals surface area (Å²) < 4.78 is 6.35. The molecule has 1 aliphatic rings. The number of benzene rings is 2. The molecular formula is C23H21NO. The first-order valence-corrected chi connectivity index (χ1v) is 9.12. The first-order valence-electron chi connectivity index (χ1n) is 9.12. The molecule has 0 saturated carbocycles. The van der Waals surface area contributed by atoms with Crippen molar-refractivity contribution in [3.63, 3.8) is 0 Å². The Balaban J connectivity index is 1.83. The Kier molecular flexibility index (Phi) is 3.21. The lowest BCUT2D eigenvalue weighted by atomic mass is 9.86. The third kappa shape index (κ3) is 2.21. The molecule has 0 atom stereocenters. The number of fused-ring (bicyclic) bond motifs is 4. The van der Waals surface area contributed by atoms with Crippen LogP contribution in [0.5, 0.6) is 0 Å². The molecule has 0 fully saturated rings. The number of furan rings is 1. The van der Waals surface area contributed by atoms with Crippen molar-refractivity contribution in [3.8, 4) is 11.3 Å². The Bertz CT molecular complexity index is 1100. The van der Waals surface area contributed by atoms with Crippen LogP contribution in [0.1, 0.15) is 35.1 Å². The van der Waals surface area contributed by atoms with E-state index in [1.165, 1.54) is 58.7 Å². The largest absolute Gasteiger partial charge is 0.454 e. The topological polar surface area (TPSA) is 26.0 Å². The number of pyridine rings is 1. The van der Waals surface area contributed by atoms with Gasteiger partial charge in [0.2, 0.25) is 0 Å². The summed E-state index contributed by atoms with van der Waals surface area (Å²) in [7, 11) is 0. The minimum atomic E-state index is 0.909. The minimum Gasteiger partial charge on any atom is -0.454 e. The van der Waals surface area contributed by atoms with Gasteiger partial charge in [0.1, 0.15) is 11.3 Å². The Morgan fingerprint density at radius 3 is 2.60 bits per heavy atom. The molecular weight excluding hydrogens is 306 g/mol. The first kappa shape index (κ1) is 14.7. The molecule has 0 aliphatic heterocycles. The van der Waals surface area contributed by atoms with Gasteiger partial charge in [-0.3, -0.25) is 4.98 Å². The van der Waals surface area contributed by atoms with Crippen LogP contribution in [0, 0.1) is 13.8 Å². The number of aryl methyl sites for hydroxylation is 3. The molecule has 0 bridgehead atoms. The maximum atomic E-state index is 6.35. The summed E-state index contributed by atoms with van der Waals surface area (Å²) in [6.45, 7) is 4.36. The van der Waals surface area contributed by atoms with Gasteiger partial charge in [-0.05, 0) is 68.4 Å². The highest BCUT2D eigenvalue weighted by atomic mass is 16.3. The molecule has 124 valence electrons. The Labute approximate surface area is 147 Å². The van der Waals surface area contributed by atoms with Gasteiger partial charge in [-0.1, -0.05) is 29.8 Å². The molecule has 2 heteroatoms. The number of rotatable bonds is 1. The average molecular weight is 327 g/mol. The molecule has 4 aromatic rings. The Morgan fingerprint density at radius 1 is 0.960 bits per heavy atom. The van der Waals surface area contributed by atoms with Crippen LogP contribution in [0.15, 0.2) is 47.0 Å². The predicted molar refractivity (Wildman–Crippen MR) is 103 cm³/mol. The SMILES string of the molecule is Cc1ccc(-c2nccc3c2oc2cc4c(c(C)c23)CCCC4)cc1. The number of aromatic nitrogens is 1. The van der Waals surface area contributed by atoms with Gasteiger partial charge >= 0.3 is 0 Å². The number of hydrogen-bond donors (Lipinski definition) is 0. The van der Waals surface area contributed by atoms with Crippen molar-refractivity contribution >= 4 is 21.9 Å². The van der Waals surface area contributed by atoms with E-state index in [2.05, 4.69) is 55.2 Å². The van der Waals surface area contributed by atoms with Crippen LogP contribution in [-0.2, 0) is 12.8 Å². The molecule has 0 N–H and O–H groups in total. The molecule has 0 saturated heterocycles. The van der Waals surface area contributed by atoms with Gasteiger partial charge in [0.15, 0.2) is 5.58 Å². The van der Waals surface area contributed by atoms with Gasteiger partial charge in [0.05, 0.1) is 0 Å². The van der Waals surface area contributed by atoms with E-state index < -0.39 is 0 Å². The fourth-order valence-corrected chi connectivity index (χ4v) is 4.27. The highest BCUT2D eigenvalue weighted by molar-refractivity contribution is 6.10. The smallest absolute Gasteiger partial charge is 0.161 e. The molecule has 0 radical (unpaired) electrons. The van der Waals surface area contributed by atoms with Gasteiger partial charge in [-0.15, -0.1) is 0 Å². The average Bonchev–Trinajstić information content (AvgIpc) is 3.01. The van der Waals surface area contributed by atoms with Crippen LogP contribution in [-0.4, -0.2) is 4.98 Å². The van der Waals surface area contributed by atoms with Crippen LogP contribution < -0.4 is 0 Å². The zero-order valence-electron chi connectivity index (χ0n) is 14.7. The fraction of sp³-hybridized carbons (Fsp3) is 0.261. The van der Waals surface area contributed by atoms with E-state index in [1.54, 1.807) is 0 Å². The number of hydrogen-bond acceptors (Lipinski definition) is 2. The van der Waals surface area contributed by atoms with E-state index in [0.717, 1.165) is 22.4 Å². The number of nitrogens with zero attached hydrogens (tertiary/aromatic N) is 1. The Hall–Kier alpha value is -2.61. The van der Waals surface area contributed by atoms with Crippen molar-refractivity contribution in [1.29, 1.82) is 0 Å². The van der Waals surface area contributed by atoms with Crippen LogP contribution in [0.4, 0.5) is 0 Å². The molecule has 0 spiro atoms. The summed E-state index contributed by atoms with van der Waals surface area (Å²) in [4.78, 5) is 4.64. The third-order valence-electron chi connectivity index (χ3n) is 5.60.